The van der Waals surface area contributed by atoms with Gasteiger partial charge in [-0.25, -0.2) is 4.39 Å². The topological polar surface area (TPSA) is 3.24 Å². The van der Waals surface area contributed by atoms with Crippen LogP contribution in [0.3, 0.4) is 0 Å². The summed E-state index contributed by atoms with van der Waals surface area (Å²) in [4.78, 5) is 2.18. The van der Waals surface area contributed by atoms with Gasteiger partial charge in [-0.15, -0.1) is 0 Å². The maximum atomic E-state index is 12.4. The first-order valence-electron chi connectivity index (χ1n) is 3.48. The number of likely N-dealkylation sites (tertiary alicyclic amines) is 1. The van der Waals surface area contributed by atoms with Crippen LogP contribution in [0.2, 0.25) is 0 Å². The molecule has 0 aromatic heterocycles. The fourth-order valence-corrected chi connectivity index (χ4v) is 1.13. The van der Waals surface area contributed by atoms with Crippen LogP contribution >= 0.6 is 0 Å². The molecular weight excluding hydrogens is 117 g/mol. The Bertz CT molecular complexity index is 77.0. The van der Waals surface area contributed by atoms with Gasteiger partial charge in [0.05, 0.1) is 0 Å². The van der Waals surface area contributed by atoms with Crippen LogP contribution in [0.25, 0.3) is 0 Å². The van der Waals surface area contributed by atoms with E-state index in [4.69, 9.17) is 0 Å². The predicted octanol–water partition coefficient (Wildman–Crippen LogP) is 1.25. The van der Waals surface area contributed by atoms with E-state index in [1.54, 1.807) is 0 Å². The summed E-state index contributed by atoms with van der Waals surface area (Å²) in [7, 11) is 0. The van der Waals surface area contributed by atoms with Gasteiger partial charge in [0, 0.05) is 13.1 Å². The molecule has 1 fully saturated rings. The SMILES string of the molecule is [CH2]CN1CCC(F)CC1. The number of hydrogen-bond donors (Lipinski definition) is 0. The molecular formula is C7H13FN. The molecule has 1 heterocycles. The van der Waals surface area contributed by atoms with Crippen molar-refractivity contribution in [2.75, 3.05) is 19.6 Å². The normalized spacial score (nSPS) is 24.7. The Balaban J connectivity index is 2.18. The molecule has 1 saturated heterocycles. The third kappa shape index (κ3) is 1.94. The van der Waals surface area contributed by atoms with Crippen LogP contribution in [0, 0.1) is 6.92 Å². The number of alkyl halides is 1. The van der Waals surface area contributed by atoms with Gasteiger partial charge < -0.3 is 4.90 Å². The lowest BCUT2D eigenvalue weighted by Crippen LogP contribution is -2.34. The molecule has 1 radical (unpaired) electrons. The van der Waals surface area contributed by atoms with Gasteiger partial charge in [-0.2, -0.15) is 0 Å². The largest absolute Gasteiger partial charge is 0.303 e. The maximum absolute atomic E-state index is 12.4. The first kappa shape index (κ1) is 7.00. The fourth-order valence-electron chi connectivity index (χ4n) is 1.13. The van der Waals surface area contributed by atoms with Crippen molar-refractivity contribution in [1.29, 1.82) is 0 Å². The molecule has 0 atom stereocenters. The van der Waals surface area contributed by atoms with E-state index < -0.39 is 6.17 Å². The second kappa shape index (κ2) is 3.16. The summed E-state index contributed by atoms with van der Waals surface area (Å²) in [6, 6.07) is 0. The lowest BCUT2D eigenvalue weighted by molar-refractivity contribution is 0.161. The van der Waals surface area contributed by atoms with Crippen molar-refractivity contribution in [3.63, 3.8) is 0 Å². The lowest BCUT2D eigenvalue weighted by Gasteiger charge is -2.26. The van der Waals surface area contributed by atoms with Gasteiger partial charge in [-0.05, 0) is 26.3 Å². The van der Waals surface area contributed by atoms with E-state index in [0.717, 1.165) is 19.6 Å². The van der Waals surface area contributed by atoms with Gasteiger partial charge in [0.25, 0.3) is 0 Å². The van der Waals surface area contributed by atoms with Gasteiger partial charge in [-0.3, -0.25) is 0 Å². The van der Waals surface area contributed by atoms with E-state index in [2.05, 4.69) is 11.8 Å². The van der Waals surface area contributed by atoms with E-state index in [1.165, 1.54) is 0 Å². The van der Waals surface area contributed by atoms with Crippen molar-refractivity contribution in [2.45, 2.75) is 19.0 Å². The van der Waals surface area contributed by atoms with Crippen LogP contribution in [-0.4, -0.2) is 30.7 Å². The first-order valence-corrected chi connectivity index (χ1v) is 3.48. The Morgan fingerprint density at radius 2 is 2.00 bits per heavy atom. The molecule has 0 spiro atoms. The average Bonchev–Trinajstić information content (AvgIpc) is 1.90. The predicted molar refractivity (Wildman–Crippen MR) is 35.9 cm³/mol. The maximum Gasteiger partial charge on any atom is 0.103 e. The van der Waals surface area contributed by atoms with Crippen molar-refractivity contribution in [2.24, 2.45) is 0 Å². The van der Waals surface area contributed by atoms with Crippen molar-refractivity contribution in [1.82, 2.24) is 4.90 Å². The van der Waals surface area contributed by atoms with Gasteiger partial charge >= 0.3 is 0 Å². The summed E-state index contributed by atoms with van der Waals surface area (Å²) in [5.74, 6) is 0. The third-order valence-corrected chi connectivity index (χ3v) is 1.83. The highest BCUT2D eigenvalue weighted by atomic mass is 19.1. The Morgan fingerprint density at radius 1 is 1.44 bits per heavy atom. The molecule has 1 nitrogen and oxygen atoms in total. The average molecular weight is 130 g/mol. The zero-order valence-electron chi connectivity index (χ0n) is 5.65. The molecule has 0 aromatic rings. The molecule has 1 aliphatic heterocycles. The van der Waals surface area contributed by atoms with Crippen molar-refractivity contribution >= 4 is 0 Å². The smallest absolute Gasteiger partial charge is 0.103 e. The van der Waals surface area contributed by atoms with Gasteiger partial charge in [0.15, 0.2) is 0 Å². The quantitative estimate of drug-likeness (QED) is 0.516. The summed E-state index contributed by atoms with van der Waals surface area (Å²) < 4.78 is 12.4. The molecule has 0 aliphatic carbocycles. The van der Waals surface area contributed by atoms with E-state index in [9.17, 15) is 4.39 Å². The minimum atomic E-state index is -0.548. The van der Waals surface area contributed by atoms with Crippen molar-refractivity contribution in [3.8, 4) is 0 Å². The molecule has 0 saturated carbocycles. The highest BCUT2D eigenvalue weighted by Crippen LogP contribution is 2.11. The van der Waals surface area contributed by atoms with Crippen LogP contribution < -0.4 is 0 Å². The number of nitrogens with zero attached hydrogens (tertiary/aromatic N) is 1. The number of rotatable bonds is 1. The van der Waals surface area contributed by atoms with Gasteiger partial charge in [-0.1, -0.05) is 0 Å². The lowest BCUT2D eigenvalue weighted by atomic mass is 10.1. The van der Waals surface area contributed by atoms with Crippen molar-refractivity contribution < 1.29 is 4.39 Å². The number of piperidine rings is 1. The zero-order chi connectivity index (χ0) is 6.69. The second-order valence-electron chi connectivity index (χ2n) is 2.52. The Labute approximate surface area is 55.8 Å². The minimum absolute atomic E-state index is 0.548. The van der Waals surface area contributed by atoms with Gasteiger partial charge in [0.2, 0.25) is 0 Å². The van der Waals surface area contributed by atoms with Crippen LogP contribution in [0.5, 0.6) is 0 Å². The van der Waals surface area contributed by atoms with Crippen LogP contribution in [0.15, 0.2) is 0 Å². The number of hydrogen-bond acceptors (Lipinski definition) is 1. The summed E-state index contributed by atoms with van der Waals surface area (Å²) in [5.41, 5.74) is 0. The van der Waals surface area contributed by atoms with Crippen LogP contribution in [0.4, 0.5) is 4.39 Å². The Hall–Kier alpha value is -0.110. The summed E-state index contributed by atoms with van der Waals surface area (Å²) in [6.07, 6.45) is 0.859. The number of halogens is 1. The molecule has 0 amide bonds. The van der Waals surface area contributed by atoms with E-state index in [-0.39, 0.29) is 0 Å². The molecule has 0 N–H and O–H groups in total. The molecule has 9 heavy (non-hydrogen) atoms. The summed E-state index contributed by atoms with van der Waals surface area (Å²) >= 11 is 0. The van der Waals surface area contributed by atoms with Crippen LogP contribution in [0.1, 0.15) is 12.8 Å². The second-order valence-corrected chi connectivity index (χ2v) is 2.52. The van der Waals surface area contributed by atoms with E-state index in [0.29, 0.717) is 12.8 Å². The first-order chi connectivity index (χ1) is 4.33. The molecule has 53 valence electrons. The standard InChI is InChI=1S/C7H13FN/c1-2-9-5-3-7(8)4-6-9/h7H,1-6H2. The molecule has 2 heteroatoms. The van der Waals surface area contributed by atoms with Crippen molar-refractivity contribution in [3.05, 3.63) is 6.92 Å². The van der Waals surface area contributed by atoms with Gasteiger partial charge in [0.1, 0.15) is 6.17 Å². The Morgan fingerprint density at radius 3 is 2.44 bits per heavy atom. The zero-order valence-corrected chi connectivity index (χ0v) is 5.65. The Kier molecular flexibility index (Phi) is 2.46. The van der Waals surface area contributed by atoms with E-state index >= 15 is 0 Å². The highest BCUT2D eigenvalue weighted by molar-refractivity contribution is 4.71. The molecule has 1 aliphatic rings. The fraction of sp³-hybridized carbons (Fsp3) is 0.857. The third-order valence-electron chi connectivity index (χ3n) is 1.83. The van der Waals surface area contributed by atoms with Crippen LogP contribution in [-0.2, 0) is 0 Å². The summed E-state index contributed by atoms with van der Waals surface area (Å²) in [5, 5.41) is 0. The highest BCUT2D eigenvalue weighted by Gasteiger charge is 2.15. The molecule has 0 aromatic carbocycles. The molecule has 0 unspecified atom stereocenters. The summed E-state index contributed by atoms with van der Waals surface area (Å²) in [6.45, 7) is 6.35. The molecule has 0 bridgehead atoms. The van der Waals surface area contributed by atoms with E-state index in [1.807, 2.05) is 0 Å². The minimum Gasteiger partial charge on any atom is -0.303 e. The monoisotopic (exact) mass is 130 g/mol. The molecule has 1 rings (SSSR count).